The second-order valence-corrected chi connectivity index (χ2v) is 6.40. The van der Waals surface area contributed by atoms with Gasteiger partial charge in [0.2, 0.25) is 0 Å². The number of hydrogen-bond acceptors (Lipinski definition) is 3. The molecule has 0 aliphatic heterocycles. The first-order valence-corrected chi connectivity index (χ1v) is 8.00. The summed E-state index contributed by atoms with van der Waals surface area (Å²) in [6, 6.07) is 11.3. The predicted octanol–water partition coefficient (Wildman–Crippen LogP) is 5.26. The van der Waals surface area contributed by atoms with Gasteiger partial charge in [0.05, 0.1) is 18.2 Å². The zero-order valence-corrected chi connectivity index (χ0v) is 13.6. The fraction of sp³-hybridized carbons (Fsp3) is 0.125. The first kappa shape index (κ1) is 14.7. The molecule has 0 fully saturated rings. The van der Waals surface area contributed by atoms with Crippen LogP contribution in [0.3, 0.4) is 0 Å². The maximum absolute atomic E-state index is 6.41. The van der Waals surface area contributed by atoms with Gasteiger partial charge in [-0.25, -0.2) is 0 Å². The van der Waals surface area contributed by atoms with Crippen molar-refractivity contribution in [2.24, 2.45) is 5.73 Å². The Bertz CT molecular complexity index is 800. The van der Waals surface area contributed by atoms with Gasteiger partial charge in [-0.05, 0) is 34.0 Å². The maximum atomic E-state index is 6.41. The zero-order valence-electron chi connectivity index (χ0n) is 11.3. The van der Waals surface area contributed by atoms with Crippen molar-refractivity contribution in [2.75, 3.05) is 7.11 Å². The van der Waals surface area contributed by atoms with E-state index in [4.69, 9.17) is 33.7 Å². The summed E-state index contributed by atoms with van der Waals surface area (Å²) in [7, 11) is 1.56. The van der Waals surface area contributed by atoms with Gasteiger partial charge in [-0.1, -0.05) is 41.4 Å². The molecule has 0 radical (unpaired) electrons. The summed E-state index contributed by atoms with van der Waals surface area (Å²) in [5, 5.41) is 4.29. The van der Waals surface area contributed by atoms with Crippen LogP contribution in [0.5, 0.6) is 5.75 Å². The SMILES string of the molecule is COc1cc(Cl)c(C(N)c2csc3ccccc23)cc1Cl. The fourth-order valence-corrected chi connectivity index (χ4v) is 3.86. The molecule has 0 bridgehead atoms. The minimum absolute atomic E-state index is 0.322. The Morgan fingerprint density at radius 1 is 1.10 bits per heavy atom. The van der Waals surface area contributed by atoms with E-state index in [-0.39, 0.29) is 6.04 Å². The number of benzene rings is 2. The lowest BCUT2D eigenvalue weighted by molar-refractivity contribution is 0.415. The van der Waals surface area contributed by atoms with Crippen molar-refractivity contribution in [3.05, 3.63) is 63.0 Å². The molecule has 5 heteroatoms. The molecule has 3 rings (SSSR count). The third-order valence-corrected chi connectivity index (χ3v) is 5.06. The Hall–Kier alpha value is -1.26. The van der Waals surface area contributed by atoms with Crippen LogP contribution in [0.25, 0.3) is 10.1 Å². The van der Waals surface area contributed by atoms with Gasteiger partial charge in [0.1, 0.15) is 5.75 Å². The first-order chi connectivity index (χ1) is 10.1. The van der Waals surface area contributed by atoms with Crippen LogP contribution in [0.1, 0.15) is 17.2 Å². The minimum Gasteiger partial charge on any atom is -0.495 e. The monoisotopic (exact) mass is 337 g/mol. The van der Waals surface area contributed by atoms with E-state index in [1.54, 1.807) is 30.6 Å². The zero-order chi connectivity index (χ0) is 15.0. The summed E-state index contributed by atoms with van der Waals surface area (Å²) in [6.45, 7) is 0. The highest BCUT2D eigenvalue weighted by Crippen LogP contribution is 2.38. The van der Waals surface area contributed by atoms with E-state index in [1.165, 1.54) is 4.70 Å². The summed E-state index contributed by atoms with van der Waals surface area (Å²) in [5.41, 5.74) is 8.26. The van der Waals surface area contributed by atoms with Gasteiger partial charge < -0.3 is 10.5 Å². The average Bonchev–Trinajstić information content (AvgIpc) is 2.92. The highest BCUT2D eigenvalue weighted by atomic mass is 35.5. The van der Waals surface area contributed by atoms with Crippen LogP contribution in [0.2, 0.25) is 10.0 Å². The van der Waals surface area contributed by atoms with Crippen molar-refractivity contribution in [1.29, 1.82) is 0 Å². The number of halogens is 2. The summed E-state index contributed by atoms with van der Waals surface area (Å²) in [6.07, 6.45) is 0. The van der Waals surface area contributed by atoms with E-state index in [0.29, 0.717) is 15.8 Å². The van der Waals surface area contributed by atoms with Crippen LogP contribution in [0, 0.1) is 0 Å². The quantitative estimate of drug-likeness (QED) is 0.706. The van der Waals surface area contributed by atoms with Crippen molar-refractivity contribution < 1.29 is 4.74 Å². The second kappa shape index (κ2) is 5.85. The Morgan fingerprint density at radius 3 is 2.62 bits per heavy atom. The van der Waals surface area contributed by atoms with Gasteiger partial charge in [0, 0.05) is 15.8 Å². The number of methoxy groups -OCH3 is 1. The number of rotatable bonds is 3. The number of hydrogen-bond donors (Lipinski definition) is 1. The third-order valence-electron chi connectivity index (χ3n) is 3.45. The van der Waals surface area contributed by atoms with Gasteiger partial charge in [-0.15, -0.1) is 11.3 Å². The molecule has 1 unspecified atom stereocenters. The standard InChI is InChI=1S/C16H13Cl2NOS/c1-20-14-7-12(17)10(6-13(14)18)16(19)11-8-21-15-5-3-2-4-9(11)15/h2-8,16H,19H2,1H3. The summed E-state index contributed by atoms with van der Waals surface area (Å²) < 4.78 is 6.37. The van der Waals surface area contributed by atoms with Gasteiger partial charge in [0.25, 0.3) is 0 Å². The largest absolute Gasteiger partial charge is 0.495 e. The number of nitrogens with two attached hydrogens (primary N) is 1. The second-order valence-electron chi connectivity index (χ2n) is 4.67. The van der Waals surface area contributed by atoms with Gasteiger partial charge in [0.15, 0.2) is 0 Å². The Kier molecular flexibility index (Phi) is 4.09. The molecular weight excluding hydrogens is 325 g/mol. The molecule has 2 nitrogen and oxygen atoms in total. The van der Waals surface area contributed by atoms with E-state index in [0.717, 1.165) is 16.5 Å². The van der Waals surface area contributed by atoms with Gasteiger partial charge >= 0.3 is 0 Å². The molecule has 0 amide bonds. The number of fused-ring (bicyclic) bond motifs is 1. The average molecular weight is 338 g/mol. The van der Waals surface area contributed by atoms with Crippen molar-refractivity contribution in [1.82, 2.24) is 0 Å². The van der Waals surface area contributed by atoms with Crippen LogP contribution in [-0.2, 0) is 0 Å². The molecule has 0 aliphatic carbocycles. The molecule has 2 N–H and O–H groups in total. The van der Waals surface area contributed by atoms with E-state index in [1.807, 2.05) is 12.1 Å². The molecule has 1 heterocycles. The van der Waals surface area contributed by atoms with Crippen LogP contribution in [0.15, 0.2) is 41.8 Å². The lowest BCUT2D eigenvalue weighted by Crippen LogP contribution is -2.12. The van der Waals surface area contributed by atoms with Crippen molar-refractivity contribution in [2.45, 2.75) is 6.04 Å². The highest BCUT2D eigenvalue weighted by molar-refractivity contribution is 7.17. The van der Waals surface area contributed by atoms with Crippen LogP contribution in [-0.4, -0.2) is 7.11 Å². The highest BCUT2D eigenvalue weighted by Gasteiger charge is 2.18. The van der Waals surface area contributed by atoms with Gasteiger partial charge in [-0.3, -0.25) is 0 Å². The fourth-order valence-electron chi connectivity index (χ4n) is 2.35. The van der Waals surface area contributed by atoms with Gasteiger partial charge in [-0.2, -0.15) is 0 Å². The summed E-state index contributed by atoms with van der Waals surface area (Å²) in [4.78, 5) is 0. The van der Waals surface area contributed by atoms with E-state index >= 15 is 0 Å². The van der Waals surface area contributed by atoms with E-state index in [2.05, 4.69) is 17.5 Å². The lowest BCUT2D eigenvalue weighted by Gasteiger charge is -2.15. The molecule has 21 heavy (non-hydrogen) atoms. The molecule has 3 aromatic rings. The Labute approximate surface area is 137 Å². The molecule has 0 spiro atoms. The molecular formula is C16H13Cl2NOS. The van der Waals surface area contributed by atoms with E-state index < -0.39 is 0 Å². The molecule has 0 saturated carbocycles. The molecule has 2 aromatic carbocycles. The van der Waals surface area contributed by atoms with Crippen molar-refractivity contribution in [3.8, 4) is 5.75 Å². The molecule has 0 aliphatic rings. The summed E-state index contributed by atoms with van der Waals surface area (Å²) in [5.74, 6) is 0.549. The normalized spacial score (nSPS) is 12.6. The predicted molar refractivity (Wildman–Crippen MR) is 90.9 cm³/mol. The molecule has 108 valence electrons. The number of thiophene rings is 1. The smallest absolute Gasteiger partial charge is 0.138 e. The maximum Gasteiger partial charge on any atom is 0.138 e. The van der Waals surface area contributed by atoms with Crippen LogP contribution >= 0.6 is 34.5 Å². The lowest BCUT2D eigenvalue weighted by atomic mass is 9.99. The van der Waals surface area contributed by atoms with E-state index in [9.17, 15) is 0 Å². The number of ether oxygens (including phenoxy) is 1. The van der Waals surface area contributed by atoms with Crippen molar-refractivity contribution in [3.63, 3.8) is 0 Å². The Morgan fingerprint density at radius 2 is 1.86 bits per heavy atom. The third kappa shape index (κ3) is 2.62. The molecule has 0 saturated heterocycles. The summed E-state index contributed by atoms with van der Waals surface area (Å²) >= 11 is 14.2. The first-order valence-electron chi connectivity index (χ1n) is 6.36. The van der Waals surface area contributed by atoms with Crippen LogP contribution < -0.4 is 10.5 Å². The molecule has 1 atom stereocenters. The molecule has 1 aromatic heterocycles. The van der Waals surface area contributed by atoms with Crippen molar-refractivity contribution >= 4 is 44.6 Å². The van der Waals surface area contributed by atoms with Crippen LogP contribution in [0.4, 0.5) is 0 Å². The minimum atomic E-state index is -0.322. The topological polar surface area (TPSA) is 35.2 Å². The Balaban J connectivity index is 2.10.